The van der Waals surface area contributed by atoms with E-state index in [1.807, 2.05) is 71.4 Å². The number of rotatable bonds is 1. The molecule has 0 saturated carbocycles. The zero-order valence-electron chi connectivity index (χ0n) is 10.9. The van der Waals surface area contributed by atoms with Crippen LogP contribution in [0, 0.1) is 0 Å². The summed E-state index contributed by atoms with van der Waals surface area (Å²) in [7, 11) is 0. The van der Waals surface area contributed by atoms with Gasteiger partial charge in [0.2, 0.25) is 6.54 Å². The molecule has 0 fully saturated rings. The van der Waals surface area contributed by atoms with Crippen molar-refractivity contribution in [3.05, 3.63) is 72.4 Å². The monoisotopic (exact) mass is 264 g/mol. The summed E-state index contributed by atoms with van der Waals surface area (Å²) in [5.41, 5.74) is 1.79. The highest BCUT2D eigenvalue weighted by Crippen LogP contribution is 2.34. The lowest BCUT2D eigenvalue weighted by atomic mass is 10.0. The maximum atomic E-state index is 10.9. The van der Waals surface area contributed by atoms with Crippen LogP contribution in [0.4, 0.5) is 0 Å². The largest absolute Gasteiger partial charge is 0.445 e. The van der Waals surface area contributed by atoms with Crippen molar-refractivity contribution in [2.24, 2.45) is 0 Å². The maximum Gasteiger partial charge on any atom is 0.295 e. The first-order chi connectivity index (χ1) is 9.76. The van der Waals surface area contributed by atoms with Crippen LogP contribution in [-0.4, -0.2) is 5.11 Å². The molecule has 3 heteroatoms. The third-order valence-corrected chi connectivity index (χ3v) is 3.75. The first kappa shape index (κ1) is 11.4. The van der Waals surface area contributed by atoms with Crippen LogP contribution in [0.1, 0.15) is 5.56 Å². The SMILES string of the molecule is O[C@]1(c2ccccc2)C[n+]2cccc3cccc(c32)O1. The Bertz CT molecular complexity index is 743. The fraction of sp³-hybridized carbons (Fsp3) is 0.118. The van der Waals surface area contributed by atoms with E-state index in [-0.39, 0.29) is 0 Å². The predicted octanol–water partition coefficient (Wildman–Crippen LogP) is 2.37. The third kappa shape index (κ3) is 1.60. The second-order valence-electron chi connectivity index (χ2n) is 5.08. The van der Waals surface area contributed by atoms with Crippen molar-refractivity contribution in [2.45, 2.75) is 12.3 Å². The van der Waals surface area contributed by atoms with Gasteiger partial charge in [-0.25, -0.2) is 0 Å². The first-order valence-electron chi connectivity index (χ1n) is 6.64. The standard InChI is InChI=1S/C17H14NO2/c19-17(14-8-2-1-3-9-14)12-18-11-5-7-13-6-4-10-15(20-17)16(13)18/h1-11,19H,12H2/q+1/t17-/m1/s1. The lowest BCUT2D eigenvalue weighted by Gasteiger charge is -2.30. The van der Waals surface area contributed by atoms with Gasteiger partial charge in [-0.2, -0.15) is 4.57 Å². The van der Waals surface area contributed by atoms with Crippen LogP contribution in [0.15, 0.2) is 66.9 Å². The van der Waals surface area contributed by atoms with Gasteiger partial charge in [-0.1, -0.05) is 36.4 Å². The van der Waals surface area contributed by atoms with Gasteiger partial charge in [-0.15, -0.1) is 0 Å². The summed E-state index contributed by atoms with van der Waals surface area (Å²) in [6, 6.07) is 19.4. The maximum absolute atomic E-state index is 10.9. The molecule has 0 aliphatic carbocycles. The molecule has 0 unspecified atom stereocenters. The van der Waals surface area contributed by atoms with Crippen LogP contribution in [0.3, 0.4) is 0 Å². The second kappa shape index (κ2) is 4.05. The summed E-state index contributed by atoms with van der Waals surface area (Å²) in [5.74, 6) is -0.616. The molecule has 0 amide bonds. The average molecular weight is 264 g/mol. The minimum atomic E-state index is -1.32. The number of hydrogen-bond donors (Lipinski definition) is 1. The molecule has 1 aliphatic rings. The Morgan fingerprint density at radius 3 is 2.60 bits per heavy atom. The van der Waals surface area contributed by atoms with Gasteiger partial charge in [-0.3, -0.25) is 0 Å². The minimum absolute atomic E-state index is 0.380. The van der Waals surface area contributed by atoms with Gasteiger partial charge in [0.15, 0.2) is 11.9 Å². The molecule has 1 aromatic heterocycles. The number of ether oxygens (including phenoxy) is 1. The Morgan fingerprint density at radius 1 is 0.950 bits per heavy atom. The molecule has 3 nitrogen and oxygen atoms in total. The zero-order valence-corrected chi connectivity index (χ0v) is 10.9. The summed E-state index contributed by atoms with van der Waals surface area (Å²) in [5, 5.41) is 12.0. The quantitative estimate of drug-likeness (QED) is 0.684. The lowest BCUT2D eigenvalue weighted by Crippen LogP contribution is -2.53. The predicted molar refractivity (Wildman–Crippen MR) is 75.1 cm³/mol. The summed E-state index contributed by atoms with van der Waals surface area (Å²) in [4.78, 5) is 0. The van der Waals surface area contributed by atoms with Gasteiger partial charge in [0.1, 0.15) is 0 Å². The highest BCUT2D eigenvalue weighted by molar-refractivity contribution is 5.81. The molecule has 2 heterocycles. The number of para-hydroxylation sites is 1. The zero-order chi connectivity index (χ0) is 13.6. The number of nitrogens with zero attached hydrogens (tertiary/aromatic N) is 1. The molecule has 1 atom stereocenters. The van der Waals surface area contributed by atoms with Gasteiger partial charge < -0.3 is 9.84 Å². The van der Waals surface area contributed by atoms with Crippen molar-refractivity contribution < 1.29 is 14.4 Å². The molecule has 0 spiro atoms. The van der Waals surface area contributed by atoms with Gasteiger partial charge in [0, 0.05) is 11.6 Å². The van der Waals surface area contributed by atoms with E-state index in [0.717, 1.165) is 16.5 Å². The molecule has 20 heavy (non-hydrogen) atoms. The van der Waals surface area contributed by atoms with Gasteiger partial charge >= 0.3 is 0 Å². The number of pyridine rings is 1. The number of hydrogen-bond acceptors (Lipinski definition) is 2. The van der Waals surface area contributed by atoms with Gasteiger partial charge in [-0.05, 0) is 18.2 Å². The number of aliphatic hydroxyl groups is 1. The van der Waals surface area contributed by atoms with Crippen LogP contribution < -0.4 is 9.30 Å². The average Bonchev–Trinajstić information content (AvgIpc) is 2.48. The van der Waals surface area contributed by atoms with Gasteiger partial charge in [0.05, 0.1) is 5.39 Å². The highest BCUT2D eigenvalue weighted by Gasteiger charge is 2.42. The van der Waals surface area contributed by atoms with E-state index in [1.54, 1.807) is 0 Å². The fourth-order valence-electron chi connectivity index (χ4n) is 2.81. The van der Waals surface area contributed by atoms with Crippen LogP contribution >= 0.6 is 0 Å². The summed E-state index contributed by atoms with van der Waals surface area (Å²) in [6.07, 6.45) is 1.97. The van der Waals surface area contributed by atoms with E-state index < -0.39 is 5.79 Å². The van der Waals surface area contributed by atoms with E-state index in [1.165, 1.54) is 0 Å². The Balaban J connectivity index is 1.91. The van der Waals surface area contributed by atoms with E-state index in [4.69, 9.17) is 4.74 Å². The van der Waals surface area contributed by atoms with E-state index in [9.17, 15) is 5.11 Å². The molecule has 1 aliphatic heterocycles. The van der Waals surface area contributed by atoms with Crippen molar-refractivity contribution in [1.29, 1.82) is 0 Å². The van der Waals surface area contributed by atoms with E-state index in [2.05, 4.69) is 0 Å². The van der Waals surface area contributed by atoms with E-state index >= 15 is 0 Å². The van der Waals surface area contributed by atoms with Crippen molar-refractivity contribution in [3.8, 4) is 5.75 Å². The molecule has 98 valence electrons. The number of aromatic nitrogens is 1. The Morgan fingerprint density at radius 2 is 1.75 bits per heavy atom. The van der Waals surface area contributed by atoms with Crippen molar-refractivity contribution in [1.82, 2.24) is 0 Å². The van der Waals surface area contributed by atoms with Crippen molar-refractivity contribution in [2.75, 3.05) is 0 Å². The Labute approximate surface area is 116 Å². The first-order valence-corrected chi connectivity index (χ1v) is 6.64. The normalized spacial score (nSPS) is 20.6. The van der Waals surface area contributed by atoms with Crippen molar-refractivity contribution >= 4 is 10.9 Å². The molecular weight excluding hydrogens is 250 g/mol. The lowest BCUT2D eigenvalue weighted by molar-refractivity contribution is -0.703. The molecule has 2 aromatic carbocycles. The number of benzene rings is 2. The Kier molecular flexibility index (Phi) is 2.32. The minimum Gasteiger partial charge on any atom is -0.445 e. The summed E-state index contributed by atoms with van der Waals surface area (Å²) in [6.45, 7) is 0.380. The topological polar surface area (TPSA) is 33.3 Å². The van der Waals surface area contributed by atoms with Gasteiger partial charge in [0.25, 0.3) is 11.3 Å². The fourth-order valence-corrected chi connectivity index (χ4v) is 2.81. The molecule has 0 saturated heterocycles. The molecule has 3 aromatic rings. The molecule has 0 bridgehead atoms. The molecule has 0 radical (unpaired) electrons. The highest BCUT2D eigenvalue weighted by atomic mass is 16.6. The van der Waals surface area contributed by atoms with E-state index in [0.29, 0.717) is 12.3 Å². The summed E-state index contributed by atoms with van der Waals surface area (Å²) >= 11 is 0. The van der Waals surface area contributed by atoms with Crippen LogP contribution in [-0.2, 0) is 12.3 Å². The van der Waals surface area contributed by atoms with Crippen LogP contribution in [0.25, 0.3) is 10.9 Å². The third-order valence-electron chi connectivity index (χ3n) is 3.75. The smallest absolute Gasteiger partial charge is 0.295 e. The molecule has 4 rings (SSSR count). The van der Waals surface area contributed by atoms with Crippen LogP contribution in [0.2, 0.25) is 0 Å². The summed E-state index contributed by atoms with van der Waals surface area (Å²) < 4.78 is 7.96. The van der Waals surface area contributed by atoms with Crippen molar-refractivity contribution in [3.63, 3.8) is 0 Å². The second-order valence-corrected chi connectivity index (χ2v) is 5.08. The molecular formula is C17H14NO2+. The Hall–Kier alpha value is -2.39. The van der Waals surface area contributed by atoms with Crippen LogP contribution in [0.5, 0.6) is 5.75 Å². The molecule has 1 N–H and O–H groups in total.